The second-order valence-corrected chi connectivity index (χ2v) is 8.56. The fourth-order valence-electron chi connectivity index (χ4n) is 4.53. The number of halogens is 1. The minimum atomic E-state index is 0. The summed E-state index contributed by atoms with van der Waals surface area (Å²) in [6, 6.07) is 7.75. The molecule has 2 aliphatic rings. The van der Waals surface area contributed by atoms with Gasteiger partial charge in [0.2, 0.25) is 0 Å². The molecule has 0 radical (unpaired) electrons. The number of morpholine rings is 1. The van der Waals surface area contributed by atoms with Gasteiger partial charge in [-0.2, -0.15) is 0 Å². The Morgan fingerprint density at radius 3 is 2.32 bits per heavy atom. The van der Waals surface area contributed by atoms with Crippen LogP contribution in [0.3, 0.4) is 0 Å². The molecule has 0 atom stereocenters. The summed E-state index contributed by atoms with van der Waals surface area (Å²) >= 11 is 0. The van der Waals surface area contributed by atoms with Crippen molar-refractivity contribution in [3.63, 3.8) is 0 Å². The number of nitrogens with zero attached hydrogens (tertiary/aromatic N) is 3. The summed E-state index contributed by atoms with van der Waals surface area (Å²) in [4.78, 5) is 20.7. The van der Waals surface area contributed by atoms with Gasteiger partial charge in [0, 0.05) is 58.4 Å². The van der Waals surface area contributed by atoms with Crippen LogP contribution in [0.2, 0.25) is 0 Å². The quantitative estimate of drug-likeness (QED) is 0.328. The van der Waals surface area contributed by atoms with E-state index < -0.39 is 0 Å². The first-order chi connectivity index (χ1) is 14.5. The zero-order chi connectivity index (χ0) is 21.4. The molecule has 1 heterocycles. The van der Waals surface area contributed by atoms with Gasteiger partial charge in [-0.3, -0.25) is 14.7 Å². The monoisotopic (exact) mass is 543 g/mol. The Labute approximate surface area is 204 Å². The number of nitrogens with one attached hydrogen (secondary N) is 2. The molecule has 174 valence electrons. The number of hydrogen-bond donors (Lipinski definition) is 2. The van der Waals surface area contributed by atoms with E-state index in [1.54, 1.807) is 19.0 Å². The molecule has 2 fully saturated rings. The zero-order valence-corrected chi connectivity index (χ0v) is 21.5. The maximum atomic E-state index is 12.0. The number of ether oxygens (including phenoxy) is 1. The number of hydrogen-bond acceptors (Lipinski definition) is 4. The van der Waals surface area contributed by atoms with Crippen molar-refractivity contribution in [1.29, 1.82) is 0 Å². The number of rotatable bonds is 6. The van der Waals surface area contributed by atoms with Crippen molar-refractivity contribution in [2.24, 2.45) is 4.99 Å². The Kier molecular flexibility index (Phi) is 10.5. The van der Waals surface area contributed by atoms with Crippen LogP contribution in [0.1, 0.15) is 48.0 Å². The van der Waals surface area contributed by atoms with E-state index in [0.29, 0.717) is 12.1 Å². The molecule has 1 aliphatic carbocycles. The lowest BCUT2D eigenvalue weighted by molar-refractivity contribution is -0.0352. The van der Waals surface area contributed by atoms with Crippen molar-refractivity contribution >= 4 is 35.8 Å². The average Bonchev–Trinajstić information content (AvgIpc) is 2.80. The lowest BCUT2D eigenvalue weighted by Crippen LogP contribution is -2.60. The molecule has 1 aromatic rings. The van der Waals surface area contributed by atoms with E-state index >= 15 is 0 Å². The number of carbonyl (C=O) groups excluding carboxylic acids is 1. The largest absolute Gasteiger partial charge is 0.379 e. The topological polar surface area (TPSA) is 69.2 Å². The summed E-state index contributed by atoms with van der Waals surface area (Å²) in [6.45, 7) is 5.28. The molecule has 3 rings (SSSR count). The number of amides is 1. The van der Waals surface area contributed by atoms with E-state index in [0.717, 1.165) is 44.4 Å². The van der Waals surface area contributed by atoms with Crippen molar-refractivity contribution in [2.75, 3.05) is 54.0 Å². The highest BCUT2D eigenvalue weighted by molar-refractivity contribution is 14.0. The molecule has 0 unspecified atom stereocenters. The first-order valence-corrected chi connectivity index (χ1v) is 11.1. The molecular weight excluding hydrogens is 505 g/mol. The van der Waals surface area contributed by atoms with Crippen LogP contribution in [-0.2, 0) is 11.3 Å². The Morgan fingerprint density at radius 2 is 1.74 bits per heavy atom. The van der Waals surface area contributed by atoms with Crippen LogP contribution >= 0.6 is 24.0 Å². The predicted molar refractivity (Wildman–Crippen MR) is 136 cm³/mol. The van der Waals surface area contributed by atoms with Gasteiger partial charge in [0.25, 0.3) is 5.91 Å². The minimum absolute atomic E-state index is 0. The van der Waals surface area contributed by atoms with Crippen molar-refractivity contribution < 1.29 is 9.53 Å². The van der Waals surface area contributed by atoms with Gasteiger partial charge in [0.15, 0.2) is 5.96 Å². The highest BCUT2D eigenvalue weighted by Crippen LogP contribution is 2.33. The van der Waals surface area contributed by atoms with E-state index in [9.17, 15) is 4.79 Å². The third-order valence-electron chi connectivity index (χ3n) is 6.34. The molecule has 31 heavy (non-hydrogen) atoms. The summed E-state index contributed by atoms with van der Waals surface area (Å²) in [6.07, 6.45) is 6.40. The Bertz CT molecular complexity index is 711. The lowest BCUT2D eigenvalue weighted by Gasteiger charge is -2.48. The standard InChI is InChI=1S/C23H37N5O2.HI/c1-24-22(25-17-19-7-9-20(10-8-19)21(29)27(2)3)26-18-23(11-5-4-6-12-23)28-13-15-30-16-14-28;/h7-10H,4-6,11-18H2,1-3H3,(H2,24,25,26);1H. The van der Waals surface area contributed by atoms with E-state index in [2.05, 4.69) is 20.5 Å². The van der Waals surface area contributed by atoms with Crippen LogP contribution in [0.4, 0.5) is 0 Å². The second-order valence-electron chi connectivity index (χ2n) is 8.56. The van der Waals surface area contributed by atoms with Crippen molar-refractivity contribution in [3.8, 4) is 0 Å². The summed E-state index contributed by atoms with van der Waals surface area (Å²) in [5, 5.41) is 7.00. The second kappa shape index (κ2) is 12.6. The van der Waals surface area contributed by atoms with Gasteiger partial charge in [-0.15, -0.1) is 24.0 Å². The Morgan fingerprint density at radius 1 is 1.10 bits per heavy atom. The zero-order valence-electron chi connectivity index (χ0n) is 19.2. The number of benzene rings is 1. The summed E-state index contributed by atoms with van der Waals surface area (Å²) < 4.78 is 5.58. The SMILES string of the molecule is CN=C(NCc1ccc(C(=O)N(C)C)cc1)NCC1(N2CCOCC2)CCCCC1.I. The molecule has 0 spiro atoms. The summed E-state index contributed by atoms with van der Waals surface area (Å²) in [5.74, 6) is 0.842. The first kappa shape index (κ1) is 25.9. The van der Waals surface area contributed by atoms with Gasteiger partial charge in [-0.05, 0) is 30.5 Å². The van der Waals surface area contributed by atoms with Crippen LogP contribution < -0.4 is 10.6 Å². The number of carbonyl (C=O) groups is 1. The molecule has 1 aromatic carbocycles. The molecule has 1 aliphatic heterocycles. The van der Waals surface area contributed by atoms with Gasteiger partial charge < -0.3 is 20.3 Å². The summed E-state index contributed by atoms with van der Waals surface area (Å²) in [7, 11) is 5.35. The molecule has 1 amide bonds. The third kappa shape index (κ3) is 7.05. The molecule has 2 N–H and O–H groups in total. The van der Waals surface area contributed by atoms with Gasteiger partial charge in [-0.25, -0.2) is 0 Å². The third-order valence-corrected chi connectivity index (χ3v) is 6.34. The molecule has 1 saturated carbocycles. The maximum absolute atomic E-state index is 12.0. The fourth-order valence-corrected chi connectivity index (χ4v) is 4.53. The van der Waals surface area contributed by atoms with Crippen molar-refractivity contribution in [1.82, 2.24) is 20.4 Å². The summed E-state index contributed by atoms with van der Waals surface area (Å²) in [5.41, 5.74) is 2.03. The van der Waals surface area contributed by atoms with Crippen LogP contribution in [0.5, 0.6) is 0 Å². The fraction of sp³-hybridized carbons (Fsp3) is 0.652. The molecule has 0 bridgehead atoms. The van der Waals surface area contributed by atoms with E-state index in [1.165, 1.54) is 32.1 Å². The molecular formula is C23H38IN5O2. The lowest BCUT2D eigenvalue weighted by atomic mass is 9.80. The molecule has 0 aromatic heterocycles. The van der Waals surface area contributed by atoms with Crippen LogP contribution in [0.15, 0.2) is 29.3 Å². The normalized spacial score (nSPS) is 19.3. The average molecular weight is 543 g/mol. The van der Waals surface area contributed by atoms with E-state index in [1.807, 2.05) is 31.3 Å². The van der Waals surface area contributed by atoms with Crippen LogP contribution in [-0.4, -0.2) is 81.2 Å². The van der Waals surface area contributed by atoms with Gasteiger partial charge in [-0.1, -0.05) is 31.4 Å². The maximum Gasteiger partial charge on any atom is 0.253 e. The highest BCUT2D eigenvalue weighted by atomic mass is 127. The Balaban J connectivity index is 0.00000341. The van der Waals surface area contributed by atoms with Gasteiger partial charge >= 0.3 is 0 Å². The number of aliphatic imine (C=N–C) groups is 1. The predicted octanol–water partition coefficient (Wildman–Crippen LogP) is 2.71. The van der Waals surface area contributed by atoms with Gasteiger partial charge in [0.05, 0.1) is 13.2 Å². The van der Waals surface area contributed by atoms with E-state index in [-0.39, 0.29) is 35.4 Å². The van der Waals surface area contributed by atoms with E-state index in [4.69, 9.17) is 4.74 Å². The van der Waals surface area contributed by atoms with Crippen molar-refractivity contribution in [3.05, 3.63) is 35.4 Å². The molecule has 8 heteroatoms. The van der Waals surface area contributed by atoms with Crippen molar-refractivity contribution in [2.45, 2.75) is 44.2 Å². The highest BCUT2D eigenvalue weighted by Gasteiger charge is 2.38. The smallest absolute Gasteiger partial charge is 0.253 e. The molecule has 1 saturated heterocycles. The van der Waals surface area contributed by atoms with Crippen LogP contribution in [0, 0.1) is 0 Å². The van der Waals surface area contributed by atoms with Gasteiger partial charge in [0.1, 0.15) is 0 Å². The minimum Gasteiger partial charge on any atom is -0.379 e. The first-order valence-electron chi connectivity index (χ1n) is 11.1. The van der Waals surface area contributed by atoms with Crippen LogP contribution in [0.25, 0.3) is 0 Å². The number of guanidine groups is 1. The Hall–Kier alpha value is -1.39. The molecule has 7 nitrogen and oxygen atoms in total.